The monoisotopic (exact) mass is 237 g/mol. The molecule has 2 rings (SSSR count). The fraction of sp³-hybridized carbons (Fsp3) is 0.833. The Hall–Kier alpha value is -0.940. The average molecular weight is 237 g/mol. The molecule has 0 amide bonds. The predicted octanol–water partition coefficient (Wildman–Crippen LogP) is 1.08. The molecule has 2 N–H and O–H groups in total. The van der Waals surface area contributed by atoms with Gasteiger partial charge in [-0.05, 0) is 39.8 Å². The Morgan fingerprint density at radius 1 is 1.29 bits per heavy atom. The van der Waals surface area contributed by atoms with Gasteiger partial charge >= 0.3 is 0 Å². The molecular formula is C12H23N5. The van der Waals surface area contributed by atoms with Crippen LogP contribution in [0.5, 0.6) is 0 Å². The van der Waals surface area contributed by atoms with Crippen LogP contribution in [0.2, 0.25) is 0 Å². The van der Waals surface area contributed by atoms with Crippen molar-refractivity contribution in [3.05, 3.63) is 11.9 Å². The van der Waals surface area contributed by atoms with Gasteiger partial charge in [0, 0.05) is 12.6 Å². The number of piperidine rings is 1. The van der Waals surface area contributed by atoms with Gasteiger partial charge in [-0.1, -0.05) is 11.6 Å². The highest BCUT2D eigenvalue weighted by atomic mass is 15.4. The van der Waals surface area contributed by atoms with Gasteiger partial charge in [-0.3, -0.25) is 9.58 Å². The van der Waals surface area contributed by atoms with Crippen LogP contribution in [0, 0.1) is 0 Å². The van der Waals surface area contributed by atoms with E-state index in [0.29, 0.717) is 0 Å². The van der Waals surface area contributed by atoms with Gasteiger partial charge in [0.15, 0.2) is 0 Å². The minimum Gasteiger partial charge on any atom is -0.321 e. The molecule has 0 radical (unpaired) electrons. The lowest BCUT2D eigenvalue weighted by atomic mass is 9.89. The molecule has 0 aliphatic carbocycles. The maximum Gasteiger partial charge on any atom is 0.0769 e. The summed E-state index contributed by atoms with van der Waals surface area (Å²) in [6.07, 6.45) is 5.67. The second-order valence-corrected chi connectivity index (χ2v) is 5.46. The van der Waals surface area contributed by atoms with E-state index in [1.807, 2.05) is 7.05 Å². The van der Waals surface area contributed by atoms with Crippen LogP contribution in [-0.2, 0) is 7.05 Å². The molecule has 1 aliphatic heterocycles. The minimum absolute atomic E-state index is 0.0457. The molecule has 5 heteroatoms. The first-order chi connectivity index (χ1) is 8.03. The second-order valence-electron chi connectivity index (χ2n) is 5.46. The van der Waals surface area contributed by atoms with Crippen molar-refractivity contribution in [2.45, 2.75) is 44.7 Å². The van der Waals surface area contributed by atoms with Crippen molar-refractivity contribution >= 4 is 0 Å². The molecule has 1 atom stereocenters. The molecule has 2 heterocycles. The molecule has 5 nitrogen and oxygen atoms in total. The number of hydrogen-bond acceptors (Lipinski definition) is 4. The minimum atomic E-state index is -0.0550. The third-order valence-electron chi connectivity index (χ3n) is 4.00. The van der Waals surface area contributed by atoms with Crippen molar-refractivity contribution in [3.8, 4) is 0 Å². The van der Waals surface area contributed by atoms with E-state index in [4.69, 9.17) is 5.73 Å². The third-order valence-corrected chi connectivity index (χ3v) is 4.00. The van der Waals surface area contributed by atoms with E-state index in [-0.39, 0.29) is 11.6 Å². The first kappa shape index (κ1) is 12.5. The number of rotatable bonds is 3. The van der Waals surface area contributed by atoms with Gasteiger partial charge < -0.3 is 5.73 Å². The van der Waals surface area contributed by atoms with Gasteiger partial charge in [0.2, 0.25) is 0 Å². The molecule has 1 saturated heterocycles. The van der Waals surface area contributed by atoms with Gasteiger partial charge in [0.05, 0.1) is 17.9 Å². The van der Waals surface area contributed by atoms with Gasteiger partial charge in [-0.2, -0.15) is 0 Å². The van der Waals surface area contributed by atoms with Crippen LogP contribution < -0.4 is 5.73 Å². The molecular weight excluding hydrogens is 214 g/mol. The molecule has 0 spiro atoms. The Kier molecular flexibility index (Phi) is 3.49. The number of nitrogens with two attached hydrogens (primary N) is 1. The standard InChI is InChI=1S/C12H23N5/c1-12(2,17-7-5-4-6-8-17)11(13)10-9-14-15-16(10)3/h9,11H,4-8,13H2,1-3H3. The highest BCUT2D eigenvalue weighted by Gasteiger charge is 2.36. The summed E-state index contributed by atoms with van der Waals surface area (Å²) in [7, 11) is 1.90. The number of likely N-dealkylation sites (tertiary alicyclic amines) is 1. The summed E-state index contributed by atoms with van der Waals surface area (Å²) in [4.78, 5) is 2.49. The molecule has 1 fully saturated rings. The highest BCUT2D eigenvalue weighted by molar-refractivity contribution is 5.09. The van der Waals surface area contributed by atoms with Crippen molar-refractivity contribution in [2.24, 2.45) is 12.8 Å². The third kappa shape index (κ3) is 2.35. The van der Waals surface area contributed by atoms with Crippen LogP contribution in [-0.4, -0.2) is 38.5 Å². The van der Waals surface area contributed by atoms with Crippen LogP contribution in [0.1, 0.15) is 44.8 Å². The number of aromatic nitrogens is 3. The molecule has 1 aliphatic rings. The van der Waals surface area contributed by atoms with E-state index in [1.165, 1.54) is 19.3 Å². The fourth-order valence-corrected chi connectivity index (χ4v) is 2.61. The van der Waals surface area contributed by atoms with Crippen LogP contribution >= 0.6 is 0 Å². The Labute approximate surface area is 103 Å². The van der Waals surface area contributed by atoms with Crippen LogP contribution in [0.4, 0.5) is 0 Å². The predicted molar refractivity (Wildman–Crippen MR) is 67.4 cm³/mol. The van der Waals surface area contributed by atoms with E-state index in [9.17, 15) is 0 Å². The molecule has 96 valence electrons. The number of hydrogen-bond donors (Lipinski definition) is 1. The fourth-order valence-electron chi connectivity index (χ4n) is 2.61. The van der Waals surface area contributed by atoms with Crippen molar-refractivity contribution in [3.63, 3.8) is 0 Å². The zero-order valence-corrected chi connectivity index (χ0v) is 11.1. The topological polar surface area (TPSA) is 60.0 Å². The normalized spacial score (nSPS) is 20.5. The summed E-state index contributed by atoms with van der Waals surface area (Å²) >= 11 is 0. The summed E-state index contributed by atoms with van der Waals surface area (Å²) in [5.41, 5.74) is 7.36. The van der Waals surface area contributed by atoms with E-state index >= 15 is 0 Å². The second kappa shape index (κ2) is 4.74. The van der Waals surface area contributed by atoms with Crippen molar-refractivity contribution in [1.82, 2.24) is 19.9 Å². The Balaban J connectivity index is 2.16. The Morgan fingerprint density at radius 3 is 2.47 bits per heavy atom. The lowest BCUT2D eigenvalue weighted by molar-refractivity contribution is 0.0707. The summed E-state index contributed by atoms with van der Waals surface area (Å²) in [6, 6.07) is -0.0550. The molecule has 17 heavy (non-hydrogen) atoms. The first-order valence-corrected chi connectivity index (χ1v) is 6.38. The average Bonchev–Trinajstić information content (AvgIpc) is 2.75. The zero-order chi connectivity index (χ0) is 12.5. The highest BCUT2D eigenvalue weighted by Crippen LogP contribution is 2.30. The van der Waals surface area contributed by atoms with Crippen LogP contribution in [0.25, 0.3) is 0 Å². The molecule has 1 aromatic rings. The first-order valence-electron chi connectivity index (χ1n) is 6.38. The molecule has 0 bridgehead atoms. The smallest absolute Gasteiger partial charge is 0.0769 e. The lowest BCUT2D eigenvalue weighted by Gasteiger charge is -2.44. The Bertz CT molecular complexity index is 365. The SMILES string of the molecule is Cn1nncc1C(N)C(C)(C)N1CCCCC1. The van der Waals surface area contributed by atoms with Crippen molar-refractivity contribution in [1.29, 1.82) is 0 Å². The lowest BCUT2D eigenvalue weighted by Crippen LogP contribution is -2.53. The van der Waals surface area contributed by atoms with Crippen LogP contribution in [0.3, 0.4) is 0 Å². The van der Waals surface area contributed by atoms with Crippen molar-refractivity contribution < 1.29 is 0 Å². The van der Waals surface area contributed by atoms with E-state index in [0.717, 1.165) is 18.8 Å². The summed E-state index contributed by atoms with van der Waals surface area (Å²) in [5.74, 6) is 0. The molecule has 0 saturated carbocycles. The van der Waals surface area contributed by atoms with Gasteiger partial charge in [0.25, 0.3) is 0 Å². The maximum absolute atomic E-state index is 6.41. The molecule has 1 unspecified atom stereocenters. The summed E-state index contributed by atoms with van der Waals surface area (Å²) < 4.78 is 1.77. The Morgan fingerprint density at radius 2 is 1.94 bits per heavy atom. The summed E-state index contributed by atoms with van der Waals surface area (Å²) in [6.45, 7) is 6.73. The number of aryl methyl sites for hydroxylation is 1. The largest absolute Gasteiger partial charge is 0.321 e. The number of nitrogens with zero attached hydrogens (tertiary/aromatic N) is 4. The van der Waals surface area contributed by atoms with Crippen molar-refractivity contribution in [2.75, 3.05) is 13.1 Å². The van der Waals surface area contributed by atoms with Gasteiger partial charge in [-0.25, -0.2) is 0 Å². The quantitative estimate of drug-likeness (QED) is 0.854. The van der Waals surface area contributed by atoms with E-state index in [2.05, 4.69) is 29.1 Å². The maximum atomic E-state index is 6.41. The zero-order valence-electron chi connectivity index (χ0n) is 11.1. The summed E-state index contributed by atoms with van der Waals surface area (Å²) in [5, 5.41) is 7.88. The van der Waals surface area contributed by atoms with Gasteiger partial charge in [-0.15, -0.1) is 5.10 Å². The van der Waals surface area contributed by atoms with E-state index < -0.39 is 0 Å². The molecule has 1 aromatic heterocycles. The van der Waals surface area contributed by atoms with Gasteiger partial charge in [0.1, 0.15) is 0 Å². The van der Waals surface area contributed by atoms with Crippen LogP contribution in [0.15, 0.2) is 6.20 Å². The van der Waals surface area contributed by atoms with E-state index in [1.54, 1.807) is 10.9 Å². The molecule has 0 aromatic carbocycles.